The number of hydrogen-bond donors (Lipinski definition) is 0. The third kappa shape index (κ3) is 7.13. The van der Waals surface area contributed by atoms with Gasteiger partial charge in [0.1, 0.15) is 0 Å². The van der Waals surface area contributed by atoms with Crippen molar-refractivity contribution < 1.29 is 9.85 Å². The minimum atomic E-state index is -0.752. The van der Waals surface area contributed by atoms with Gasteiger partial charge in [-0.25, -0.2) is 0 Å². The highest BCUT2D eigenvalue weighted by molar-refractivity contribution is 5.53. The van der Waals surface area contributed by atoms with Gasteiger partial charge in [0.2, 0.25) is 0 Å². The van der Waals surface area contributed by atoms with E-state index in [-0.39, 0.29) is 0 Å². The van der Waals surface area contributed by atoms with E-state index in [1.807, 2.05) is 20.8 Å². The molecule has 0 amide bonds. The van der Waals surface area contributed by atoms with E-state index < -0.39 is 21.2 Å². The van der Waals surface area contributed by atoms with Crippen molar-refractivity contribution in [1.82, 2.24) is 0 Å². The lowest BCUT2D eigenvalue weighted by Gasteiger charge is -1.97. The van der Waals surface area contributed by atoms with Gasteiger partial charge in [-0.1, -0.05) is 47.1 Å². The monoisotopic (exact) mass is 270 g/mol. The topological polar surface area (TPSA) is 86.3 Å². The maximum atomic E-state index is 10.5. The maximum Gasteiger partial charge on any atom is 0.346 e. The Kier molecular flexibility index (Phi) is 11.3. The lowest BCUT2D eigenvalue weighted by Crippen LogP contribution is -1.97. The molecule has 1 aromatic rings. The van der Waals surface area contributed by atoms with Crippen molar-refractivity contribution in [3.05, 3.63) is 44.0 Å². The van der Waals surface area contributed by atoms with E-state index >= 15 is 0 Å². The zero-order valence-corrected chi connectivity index (χ0v) is 12.2. The van der Waals surface area contributed by atoms with Gasteiger partial charge in [0.15, 0.2) is 0 Å². The first kappa shape index (κ1) is 19.4. The summed E-state index contributed by atoms with van der Waals surface area (Å²) in [4.78, 5) is 19.4. The number of nitro benzene ring substituents is 2. The molecule has 6 nitrogen and oxygen atoms in total. The quantitative estimate of drug-likeness (QED) is 0.597. The number of hydrogen-bond acceptors (Lipinski definition) is 4. The first-order chi connectivity index (χ1) is 8.97. The van der Waals surface area contributed by atoms with Crippen LogP contribution in [-0.4, -0.2) is 9.85 Å². The first-order valence-electron chi connectivity index (χ1n) is 6.39. The largest absolute Gasteiger partial charge is 0.346 e. The van der Waals surface area contributed by atoms with Crippen LogP contribution >= 0.6 is 0 Å². The molecule has 108 valence electrons. The molecule has 0 aliphatic rings. The fourth-order valence-electron chi connectivity index (χ4n) is 1.09. The zero-order chi connectivity index (χ0) is 15.4. The van der Waals surface area contributed by atoms with E-state index in [0.29, 0.717) is 12.0 Å². The summed E-state index contributed by atoms with van der Waals surface area (Å²) in [6.45, 7) is 10.1. The predicted molar refractivity (Wildman–Crippen MR) is 76.4 cm³/mol. The third-order valence-corrected chi connectivity index (χ3v) is 1.84. The molecule has 0 spiro atoms. The highest BCUT2D eigenvalue weighted by Crippen LogP contribution is 2.27. The van der Waals surface area contributed by atoms with Crippen LogP contribution in [0.1, 0.15) is 46.6 Å². The highest BCUT2D eigenvalue weighted by atomic mass is 16.6. The molecule has 6 heteroatoms. The van der Waals surface area contributed by atoms with Crippen LogP contribution in [0.5, 0.6) is 0 Å². The number of rotatable bonds is 3. The standard InChI is InChI=1S/C8H8N2O4.C3H8.C2H6/c1-2-6-3-4-7(9(11)12)8(5-6)10(13)14;1-3-2;1-2/h3-5H,2H2,1H3;3H2,1-2H3;1-2H3. The van der Waals surface area contributed by atoms with Gasteiger partial charge in [0.05, 0.1) is 9.85 Å². The molecule has 0 heterocycles. The summed E-state index contributed by atoms with van der Waals surface area (Å²) >= 11 is 0. The van der Waals surface area contributed by atoms with Crippen molar-refractivity contribution in [2.24, 2.45) is 0 Å². The van der Waals surface area contributed by atoms with Gasteiger partial charge < -0.3 is 0 Å². The van der Waals surface area contributed by atoms with Gasteiger partial charge in [-0.2, -0.15) is 0 Å². The van der Waals surface area contributed by atoms with Crippen LogP contribution < -0.4 is 0 Å². The van der Waals surface area contributed by atoms with Gasteiger partial charge >= 0.3 is 11.4 Å². The lowest BCUT2D eigenvalue weighted by atomic mass is 10.1. The molecule has 1 aromatic carbocycles. The fraction of sp³-hybridized carbons (Fsp3) is 0.538. The Labute approximate surface area is 113 Å². The molecule has 19 heavy (non-hydrogen) atoms. The number of nitrogens with zero attached hydrogens (tertiary/aromatic N) is 2. The summed E-state index contributed by atoms with van der Waals surface area (Å²) in [5.41, 5.74) is -0.205. The van der Waals surface area contributed by atoms with Gasteiger partial charge in [-0.3, -0.25) is 20.2 Å². The van der Waals surface area contributed by atoms with Gasteiger partial charge in [-0.15, -0.1) is 0 Å². The molecule has 0 fully saturated rings. The van der Waals surface area contributed by atoms with Crippen molar-refractivity contribution in [2.75, 3.05) is 0 Å². The van der Waals surface area contributed by atoms with Crippen LogP contribution in [0.15, 0.2) is 18.2 Å². The summed E-state index contributed by atoms with van der Waals surface area (Å²) in [5.74, 6) is 0. The second-order valence-corrected chi connectivity index (χ2v) is 3.40. The van der Waals surface area contributed by atoms with Crippen LogP contribution in [0.4, 0.5) is 11.4 Å². The molecule has 0 unspecified atom stereocenters. The number of nitro groups is 2. The van der Waals surface area contributed by atoms with E-state index in [9.17, 15) is 20.2 Å². The van der Waals surface area contributed by atoms with Crippen LogP contribution in [0.25, 0.3) is 0 Å². The Hall–Kier alpha value is -1.98. The van der Waals surface area contributed by atoms with Gasteiger partial charge in [0.25, 0.3) is 0 Å². The van der Waals surface area contributed by atoms with E-state index in [0.717, 1.165) is 6.07 Å². The second kappa shape index (κ2) is 11.1. The van der Waals surface area contributed by atoms with Gasteiger partial charge in [0, 0.05) is 12.1 Å². The Balaban J connectivity index is 0. The zero-order valence-electron chi connectivity index (χ0n) is 12.2. The average molecular weight is 270 g/mol. The molecule has 0 saturated heterocycles. The molecular formula is C13H22N2O4. The predicted octanol–water partition coefficient (Wildman–Crippen LogP) is 4.51. The summed E-state index contributed by atoms with van der Waals surface area (Å²) < 4.78 is 0. The molecule has 0 bridgehead atoms. The Morgan fingerprint density at radius 1 is 0.947 bits per heavy atom. The number of aryl methyl sites for hydroxylation is 1. The maximum absolute atomic E-state index is 10.5. The van der Waals surface area contributed by atoms with Crippen molar-refractivity contribution in [1.29, 1.82) is 0 Å². The second-order valence-electron chi connectivity index (χ2n) is 3.40. The summed E-state index contributed by atoms with van der Waals surface area (Å²) in [6, 6.07) is 3.92. The Bertz CT molecular complexity index is 406. The molecule has 1 rings (SSSR count). The minimum Gasteiger partial charge on any atom is -0.258 e. The normalized spacial score (nSPS) is 8.47. The average Bonchev–Trinajstić information content (AvgIpc) is 2.41. The molecular weight excluding hydrogens is 248 g/mol. The van der Waals surface area contributed by atoms with Crippen molar-refractivity contribution in [3.63, 3.8) is 0 Å². The third-order valence-electron chi connectivity index (χ3n) is 1.84. The van der Waals surface area contributed by atoms with Crippen molar-refractivity contribution >= 4 is 11.4 Å². The molecule has 0 aliphatic heterocycles. The molecule has 0 aliphatic carbocycles. The summed E-state index contributed by atoms with van der Waals surface area (Å²) in [5, 5.41) is 20.9. The Morgan fingerprint density at radius 3 is 1.68 bits per heavy atom. The van der Waals surface area contributed by atoms with Crippen LogP contribution in [-0.2, 0) is 6.42 Å². The molecule has 0 saturated carbocycles. The molecule has 0 N–H and O–H groups in total. The molecule has 0 radical (unpaired) electrons. The SMILES string of the molecule is CC.CCC.CCc1ccc([N+](=O)[O-])c([N+](=O)[O-])c1. The molecule has 0 aromatic heterocycles. The minimum absolute atomic E-state index is 0.450. The van der Waals surface area contributed by atoms with Crippen LogP contribution in [0.3, 0.4) is 0 Å². The van der Waals surface area contributed by atoms with Crippen molar-refractivity contribution in [2.45, 2.75) is 47.5 Å². The van der Waals surface area contributed by atoms with Crippen LogP contribution in [0, 0.1) is 20.2 Å². The van der Waals surface area contributed by atoms with E-state index in [1.165, 1.54) is 18.6 Å². The summed E-state index contributed by atoms with van der Waals surface area (Å²) in [6.07, 6.45) is 1.86. The van der Waals surface area contributed by atoms with E-state index in [1.54, 1.807) is 0 Å². The lowest BCUT2D eigenvalue weighted by molar-refractivity contribution is -0.422. The summed E-state index contributed by atoms with van der Waals surface area (Å²) in [7, 11) is 0. The van der Waals surface area contributed by atoms with E-state index in [2.05, 4.69) is 13.8 Å². The van der Waals surface area contributed by atoms with Gasteiger partial charge in [-0.05, 0) is 12.0 Å². The molecule has 0 atom stereocenters. The smallest absolute Gasteiger partial charge is 0.258 e. The first-order valence-corrected chi connectivity index (χ1v) is 6.39. The highest BCUT2D eigenvalue weighted by Gasteiger charge is 2.23. The van der Waals surface area contributed by atoms with Crippen molar-refractivity contribution in [3.8, 4) is 0 Å². The fourth-order valence-corrected chi connectivity index (χ4v) is 1.09. The van der Waals surface area contributed by atoms with E-state index in [4.69, 9.17) is 0 Å². The van der Waals surface area contributed by atoms with Crippen LogP contribution in [0.2, 0.25) is 0 Å². The Morgan fingerprint density at radius 2 is 1.37 bits per heavy atom. The number of benzene rings is 1.